The zero-order chi connectivity index (χ0) is 13.8. The number of anilines is 1. The van der Waals surface area contributed by atoms with Crippen molar-refractivity contribution in [2.75, 3.05) is 5.43 Å². The van der Waals surface area contributed by atoms with Gasteiger partial charge in [0.2, 0.25) is 0 Å². The van der Waals surface area contributed by atoms with E-state index in [1.807, 2.05) is 31.2 Å². The molecule has 0 saturated heterocycles. The minimum Gasteiger partial charge on any atom is -0.508 e. The van der Waals surface area contributed by atoms with Crippen LogP contribution >= 0.6 is 0 Å². The van der Waals surface area contributed by atoms with Gasteiger partial charge in [0.05, 0.1) is 5.69 Å². The molecule has 0 unspecified atom stereocenters. The highest BCUT2D eigenvalue weighted by Crippen LogP contribution is 2.15. The lowest BCUT2D eigenvalue weighted by atomic mass is 10.2. The van der Waals surface area contributed by atoms with Crippen molar-refractivity contribution < 1.29 is 5.11 Å². The van der Waals surface area contributed by atoms with E-state index in [1.54, 1.807) is 19.2 Å². The van der Waals surface area contributed by atoms with Crippen molar-refractivity contribution in [2.45, 2.75) is 13.8 Å². The van der Waals surface area contributed by atoms with Crippen LogP contribution in [0.5, 0.6) is 5.75 Å². The first-order valence-electron chi connectivity index (χ1n) is 5.88. The Balaban J connectivity index is 2.40. The third-order valence-corrected chi connectivity index (χ3v) is 2.65. The maximum absolute atomic E-state index is 11.9. The maximum Gasteiger partial charge on any atom is 0.258 e. The molecule has 0 radical (unpaired) electrons. The number of pyridine rings is 1. The fraction of sp³-hybridized carbons (Fsp3) is 0.143. The molecule has 1 heterocycles. The Bertz CT molecular complexity index is 657. The van der Waals surface area contributed by atoms with Gasteiger partial charge in [0.1, 0.15) is 5.75 Å². The molecule has 2 aromatic rings. The highest BCUT2D eigenvalue weighted by Gasteiger charge is 2.05. The zero-order valence-corrected chi connectivity index (χ0v) is 10.8. The van der Waals surface area contributed by atoms with Gasteiger partial charge in [0.15, 0.2) is 0 Å². The van der Waals surface area contributed by atoms with Crippen LogP contribution in [0.3, 0.4) is 0 Å². The van der Waals surface area contributed by atoms with Gasteiger partial charge in [-0.2, -0.15) is 5.10 Å². The molecular formula is C14H15N3O2. The summed E-state index contributed by atoms with van der Waals surface area (Å²) in [5, 5.41) is 13.3. The molecule has 0 amide bonds. The van der Waals surface area contributed by atoms with Gasteiger partial charge >= 0.3 is 0 Å². The predicted octanol–water partition coefficient (Wildman–Crippen LogP) is 2.27. The van der Waals surface area contributed by atoms with E-state index in [2.05, 4.69) is 10.5 Å². The van der Waals surface area contributed by atoms with Crippen LogP contribution in [0.2, 0.25) is 0 Å². The van der Waals surface area contributed by atoms with Crippen LogP contribution in [0.1, 0.15) is 12.6 Å². The molecular weight excluding hydrogens is 242 g/mol. The molecule has 0 spiro atoms. The molecule has 98 valence electrons. The standard InChI is InChI=1S/C14H15N3O2/c1-3-15-16-11-4-6-12(7-5-11)17-10(2)8-13(18)9-14(17)19/h3-9,16,18H,1-2H3/b15-3-. The molecule has 0 saturated carbocycles. The summed E-state index contributed by atoms with van der Waals surface area (Å²) < 4.78 is 1.53. The van der Waals surface area contributed by atoms with Gasteiger partial charge in [0, 0.05) is 23.7 Å². The minimum absolute atomic E-state index is 0.0191. The summed E-state index contributed by atoms with van der Waals surface area (Å²) in [7, 11) is 0. The van der Waals surface area contributed by atoms with E-state index in [1.165, 1.54) is 10.6 Å². The van der Waals surface area contributed by atoms with Crippen LogP contribution in [0.25, 0.3) is 5.69 Å². The lowest BCUT2D eigenvalue weighted by molar-refractivity contribution is 0.472. The van der Waals surface area contributed by atoms with Crippen LogP contribution in [0.4, 0.5) is 5.69 Å². The fourth-order valence-corrected chi connectivity index (χ4v) is 1.84. The van der Waals surface area contributed by atoms with Gasteiger partial charge in [-0.05, 0) is 44.2 Å². The summed E-state index contributed by atoms with van der Waals surface area (Å²) in [5.41, 5.74) is 4.86. The molecule has 19 heavy (non-hydrogen) atoms. The van der Waals surface area contributed by atoms with E-state index in [4.69, 9.17) is 0 Å². The van der Waals surface area contributed by atoms with Crippen molar-refractivity contribution in [2.24, 2.45) is 5.10 Å². The fourth-order valence-electron chi connectivity index (χ4n) is 1.84. The van der Waals surface area contributed by atoms with Crippen LogP contribution in [-0.4, -0.2) is 15.9 Å². The SMILES string of the molecule is C/C=N\Nc1ccc(-n2c(C)cc(O)cc2=O)cc1. The topological polar surface area (TPSA) is 66.6 Å². The molecule has 0 bridgehead atoms. The molecule has 0 atom stereocenters. The van der Waals surface area contributed by atoms with E-state index in [-0.39, 0.29) is 11.3 Å². The maximum atomic E-state index is 11.9. The van der Waals surface area contributed by atoms with E-state index >= 15 is 0 Å². The minimum atomic E-state index is -0.259. The average molecular weight is 257 g/mol. The first-order valence-corrected chi connectivity index (χ1v) is 5.88. The Morgan fingerprint density at radius 1 is 1.26 bits per heavy atom. The van der Waals surface area contributed by atoms with E-state index in [9.17, 15) is 9.90 Å². The van der Waals surface area contributed by atoms with Crippen LogP contribution in [0.15, 0.2) is 46.3 Å². The Kier molecular flexibility index (Phi) is 3.66. The monoisotopic (exact) mass is 257 g/mol. The zero-order valence-electron chi connectivity index (χ0n) is 10.8. The third kappa shape index (κ3) is 2.82. The first kappa shape index (κ1) is 12.9. The van der Waals surface area contributed by atoms with Crippen molar-refractivity contribution in [3.8, 4) is 11.4 Å². The van der Waals surface area contributed by atoms with E-state index in [0.29, 0.717) is 5.69 Å². The van der Waals surface area contributed by atoms with Gasteiger partial charge in [-0.25, -0.2) is 0 Å². The molecule has 2 N–H and O–H groups in total. The molecule has 2 rings (SSSR count). The van der Waals surface area contributed by atoms with Crippen LogP contribution < -0.4 is 11.0 Å². The quantitative estimate of drug-likeness (QED) is 0.654. The van der Waals surface area contributed by atoms with Gasteiger partial charge in [-0.3, -0.25) is 14.8 Å². The van der Waals surface area contributed by atoms with E-state index < -0.39 is 0 Å². The lowest BCUT2D eigenvalue weighted by Crippen LogP contribution is -2.18. The van der Waals surface area contributed by atoms with E-state index in [0.717, 1.165) is 11.4 Å². The van der Waals surface area contributed by atoms with Crippen molar-refractivity contribution in [3.63, 3.8) is 0 Å². The molecule has 0 aliphatic carbocycles. The van der Waals surface area contributed by atoms with Crippen LogP contribution in [0, 0.1) is 6.92 Å². The second kappa shape index (κ2) is 5.39. The number of hydrogen-bond donors (Lipinski definition) is 2. The number of benzene rings is 1. The number of hydrazone groups is 1. The second-order valence-corrected chi connectivity index (χ2v) is 4.07. The number of hydrogen-bond acceptors (Lipinski definition) is 4. The summed E-state index contributed by atoms with van der Waals surface area (Å²) in [4.78, 5) is 11.9. The Hall–Kier alpha value is -2.56. The number of aromatic nitrogens is 1. The van der Waals surface area contributed by atoms with Crippen molar-refractivity contribution in [1.82, 2.24) is 4.57 Å². The van der Waals surface area contributed by atoms with Gasteiger partial charge in [-0.1, -0.05) is 0 Å². The Morgan fingerprint density at radius 3 is 2.53 bits per heavy atom. The summed E-state index contributed by atoms with van der Waals surface area (Å²) in [6.45, 7) is 3.59. The third-order valence-electron chi connectivity index (χ3n) is 2.65. The highest BCUT2D eigenvalue weighted by atomic mass is 16.3. The molecule has 5 nitrogen and oxygen atoms in total. The number of nitrogens with one attached hydrogen (secondary N) is 1. The van der Waals surface area contributed by atoms with Gasteiger partial charge < -0.3 is 5.11 Å². The Labute approximate surface area is 110 Å². The van der Waals surface area contributed by atoms with Gasteiger partial charge in [0.25, 0.3) is 5.56 Å². The molecule has 1 aromatic carbocycles. The smallest absolute Gasteiger partial charge is 0.258 e. The van der Waals surface area contributed by atoms with Crippen molar-refractivity contribution in [3.05, 3.63) is 52.4 Å². The molecule has 1 aromatic heterocycles. The predicted molar refractivity (Wildman–Crippen MR) is 76.2 cm³/mol. The lowest BCUT2D eigenvalue weighted by Gasteiger charge is -2.10. The molecule has 5 heteroatoms. The van der Waals surface area contributed by atoms with Crippen LogP contribution in [-0.2, 0) is 0 Å². The number of aromatic hydroxyl groups is 1. The largest absolute Gasteiger partial charge is 0.508 e. The average Bonchev–Trinajstić information content (AvgIpc) is 2.36. The second-order valence-electron chi connectivity index (χ2n) is 4.07. The summed E-state index contributed by atoms with van der Waals surface area (Å²) in [6.07, 6.45) is 1.66. The summed E-state index contributed by atoms with van der Waals surface area (Å²) in [5.74, 6) is -0.0191. The first-order chi connectivity index (χ1) is 9.11. The summed E-state index contributed by atoms with van der Waals surface area (Å²) in [6, 6.07) is 10.1. The highest BCUT2D eigenvalue weighted by molar-refractivity contribution is 5.57. The normalized spacial score (nSPS) is 10.8. The number of aryl methyl sites for hydroxylation is 1. The summed E-state index contributed by atoms with van der Waals surface area (Å²) >= 11 is 0. The Morgan fingerprint density at radius 2 is 1.95 bits per heavy atom. The number of rotatable bonds is 3. The van der Waals surface area contributed by atoms with Gasteiger partial charge in [-0.15, -0.1) is 0 Å². The molecule has 0 aliphatic heterocycles. The number of nitrogens with zero attached hydrogens (tertiary/aromatic N) is 2. The molecule has 0 aliphatic rings. The molecule has 0 fully saturated rings. The van der Waals surface area contributed by atoms with Crippen molar-refractivity contribution in [1.29, 1.82) is 0 Å². The van der Waals surface area contributed by atoms with Crippen molar-refractivity contribution >= 4 is 11.9 Å².